The normalized spacial score (nSPS) is 17.0. The molecule has 5 rings (SSSR count). The van der Waals surface area contributed by atoms with Gasteiger partial charge in [-0.1, -0.05) is 32.9 Å². The van der Waals surface area contributed by atoms with Crippen molar-refractivity contribution in [3.8, 4) is 0 Å². The summed E-state index contributed by atoms with van der Waals surface area (Å²) in [6.07, 6.45) is 0.596. The summed E-state index contributed by atoms with van der Waals surface area (Å²) < 4.78 is 6.97. The van der Waals surface area contributed by atoms with Crippen LogP contribution in [0.25, 0.3) is 5.65 Å². The van der Waals surface area contributed by atoms with Gasteiger partial charge in [0.25, 0.3) is 0 Å². The lowest BCUT2D eigenvalue weighted by molar-refractivity contribution is 0.181. The van der Waals surface area contributed by atoms with Crippen LogP contribution in [0, 0.1) is 0 Å². The van der Waals surface area contributed by atoms with E-state index in [-0.39, 0.29) is 11.5 Å². The molecule has 8 heteroatoms. The van der Waals surface area contributed by atoms with Crippen molar-refractivity contribution in [2.75, 3.05) is 29.5 Å². The van der Waals surface area contributed by atoms with Crippen molar-refractivity contribution < 1.29 is 9.53 Å². The number of fused-ring (bicyclic) bond motifs is 2. The highest BCUT2D eigenvalue weighted by Gasteiger charge is 2.29. The zero-order valence-electron chi connectivity index (χ0n) is 16.9. The Morgan fingerprint density at radius 1 is 1.07 bits per heavy atom. The number of aromatic nitrogens is 4. The lowest BCUT2D eigenvalue weighted by atomic mass is 9.96. The van der Waals surface area contributed by atoms with Crippen LogP contribution in [0.4, 0.5) is 16.3 Å². The summed E-state index contributed by atoms with van der Waals surface area (Å²) >= 11 is 0. The van der Waals surface area contributed by atoms with Crippen LogP contribution in [-0.2, 0) is 23.1 Å². The van der Waals surface area contributed by atoms with E-state index in [4.69, 9.17) is 9.84 Å². The molecule has 0 unspecified atom stereocenters. The first-order valence-corrected chi connectivity index (χ1v) is 9.95. The summed E-state index contributed by atoms with van der Waals surface area (Å²) in [7, 11) is 0. The second-order valence-corrected chi connectivity index (χ2v) is 8.59. The summed E-state index contributed by atoms with van der Waals surface area (Å²) in [5, 5.41) is 13.4. The third kappa shape index (κ3) is 2.99. The van der Waals surface area contributed by atoms with E-state index in [1.807, 2.05) is 28.8 Å². The fraction of sp³-hybridized carbons (Fsp3) is 0.429. The van der Waals surface area contributed by atoms with E-state index >= 15 is 0 Å². The van der Waals surface area contributed by atoms with Gasteiger partial charge in [0.1, 0.15) is 12.4 Å². The van der Waals surface area contributed by atoms with Crippen LogP contribution in [0.3, 0.4) is 0 Å². The molecule has 3 aromatic rings. The Hall–Kier alpha value is -3.16. The average molecular weight is 392 g/mol. The van der Waals surface area contributed by atoms with Gasteiger partial charge in [0.2, 0.25) is 0 Å². The smallest absolute Gasteiger partial charge is 0.414 e. The van der Waals surface area contributed by atoms with Gasteiger partial charge in [-0.05, 0) is 35.7 Å². The predicted octanol–water partition coefficient (Wildman–Crippen LogP) is 2.94. The van der Waals surface area contributed by atoms with Gasteiger partial charge in [0.05, 0.1) is 12.2 Å². The zero-order valence-corrected chi connectivity index (χ0v) is 16.9. The number of hydrogen-bond acceptors (Lipinski definition) is 6. The van der Waals surface area contributed by atoms with Gasteiger partial charge in [0, 0.05) is 18.5 Å². The SMILES string of the molecule is CC(C)(C)c1nnc2ccc(N3CCc4c(cccc4N4CCOC4=O)C3)nn12. The van der Waals surface area contributed by atoms with Crippen LogP contribution in [-0.4, -0.2) is 45.6 Å². The fourth-order valence-corrected chi connectivity index (χ4v) is 4.07. The molecular formula is C21H24N6O2. The molecule has 8 nitrogen and oxygen atoms in total. The van der Waals surface area contributed by atoms with Crippen molar-refractivity contribution >= 4 is 23.2 Å². The van der Waals surface area contributed by atoms with Crippen molar-refractivity contribution in [3.05, 3.63) is 47.3 Å². The minimum absolute atomic E-state index is 0.140. The van der Waals surface area contributed by atoms with Gasteiger partial charge >= 0.3 is 6.09 Å². The van der Waals surface area contributed by atoms with Gasteiger partial charge in [-0.25, -0.2) is 4.79 Å². The van der Waals surface area contributed by atoms with Crippen LogP contribution < -0.4 is 9.80 Å². The Labute approximate surface area is 169 Å². The number of cyclic esters (lactones) is 1. The second-order valence-electron chi connectivity index (χ2n) is 8.59. The fourth-order valence-electron chi connectivity index (χ4n) is 4.07. The Morgan fingerprint density at radius 3 is 2.69 bits per heavy atom. The molecule has 4 heterocycles. The molecule has 1 amide bonds. The average Bonchev–Trinajstić information content (AvgIpc) is 3.32. The number of nitrogens with zero attached hydrogens (tertiary/aromatic N) is 6. The monoisotopic (exact) mass is 392 g/mol. The maximum atomic E-state index is 12.0. The minimum Gasteiger partial charge on any atom is -0.447 e. The van der Waals surface area contributed by atoms with Gasteiger partial charge < -0.3 is 9.64 Å². The number of ether oxygens (including phenoxy) is 1. The summed E-state index contributed by atoms with van der Waals surface area (Å²) in [5.74, 6) is 1.75. The number of rotatable bonds is 2. The van der Waals surface area contributed by atoms with E-state index in [1.165, 1.54) is 11.1 Å². The van der Waals surface area contributed by atoms with E-state index in [0.29, 0.717) is 13.2 Å². The zero-order chi connectivity index (χ0) is 20.2. The Kier molecular flexibility index (Phi) is 3.97. The van der Waals surface area contributed by atoms with Crippen molar-refractivity contribution in [2.24, 2.45) is 0 Å². The second kappa shape index (κ2) is 6.43. The summed E-state index contributed by atoms with van der Waals surface area (Å²) in [6, 6.07) is 10.1. The summed E-state index contributed by atoms with van der Waals surface area (Å²) in [6.45, 7) is 8.98. The lowest BCUT2D eigenvalue weighted by Gasteiger charge is -2.32. The van der Waals surface area contributed by atoms with Crippen LogP contribution in [0.15, 0.2) is 30.3 Å². The Bertz CT molecular complexity index is 1100. The maximum absolute atomic E-state index is 12.0. The summed E-state index contributed by atoms with van der Waals surface area (Å²) in [4.78, 5) is 16.0. The maximum Gasteiger partial charge on any atom is 0.414 e. The third-order valence-corrected chi connectivity index (χ3v) is 5.54. The largest absolute Gasteiger partial charge is 0.447 e. The van der Waals surface area contributed by atoms with E-state index in [9.17, 15) is 4.79 Å². The van der Waals surface area contributed by atoms with E-state index in [1.54, 1.807) is 4.90 Å². The minimum atomic E-state index is -0.254. The molecule has 2 aliphatic heterocycles. The van der Waals surface area contributed by atoms with Crippen LogP contribution in [0.1, 0.15) is 37.7 Å². The quantitative estimate of drug-likeness (QED) is 0.667. The molecule has 150 valence electrons. The van der Waals surface area contributed by atoms with Crippen LogP contribution >= 0.6 is 0 Å². The molecule has 2 aromatic heterocycles. The lowest BCUT2D eigenvalue weighted by Crippen LogP contribution is -2.33. The number of benzene rings is 1. The molecule has 0 aliphatic carbocycles. The Morgan fingerprint density at radius 2 is 1.93 bits per heavy atom. The first kappa shape index (κ1) is 17.9. The van der Waals surface area contributed by atoms with Crippen molar-refractivity contribution in [3.63, 3.8) is 0 Å². The number of carbonyl (C=O) groups is 1. The molecule has 0 radical (unpaired) electrons. The summed E-state index contributed by atoms with van der Waals surface area (Å²) in [5.41, 5.74) is 4.03. The van der Waals surface area contributed by atoms with Gasteiger partial charge in [0.15, 0.2) is 11.5 Å². The van der Waals surface area contributed by atoms with E-state index in [2.05, 4.69) is 41.9 Å². The number of carbonyl (C=O) groups excluding carboxylic acids is 1. The van der Waals surface area contributed by atoms with Gasteiger partial charge in [-0.2, -0.15) is 4.52 Å². The van der Waals surface area contributed by atoms with Gasteiger partial charge in [-0.15, -0.1) is 15.3 Å². The van der Waals surface area contributed by atoms with Crippen molar-refractivity contribution in [2.45, 2.75) is 39.2 Å². The number of hydrogen-bond donors (Lipinski definition) is 0. The first-order chi connectivity index (χ1) is 13.9. The molecule has 29 heavy (non-hydrogen) atoms. The highest BCUT2D eigenvalue weighted by atomic mass is 16.6. The standard InChI is InChI=1S/C21H24N6O2/c1-21(2,3)19-23-22-17-7-8-18(24-27(17)19)25-10-9-15-14(13-25)5-4-6-16(15)26-11-12-29-20(26)28/h4-8H,9-13H2,1-3H3. The van der Waals surface area contributed by atoms with Gasteiger partial charge in [-0.3, -0.25) is 4.90 Å². The highest BCUT2D eigenvalue weighted by Crippen LogP contribution is 2.32. The molecule has 1 saturated heterocycles. The van der Waals surface area contributed by atoms with Crippen molar-refractivity contribution in [1.82, 2.24) is 19.8 Å². The molecule has 1 fully saturated rings. The van der Waals surface area contributed by atoms with E-state index < -0.39 is 0 Å². The first-order valence-electron chi connectivity index (χ1n) is 9.95. The van der Waals surface area contributed by atoms with Crippen molar-refractivity contribution in [1.29, 1.82) is 0 Å². The Balaban J connectivity index is 1.48. The molecule has 0 saturated carbocycles. The molecule has 0 atom stereocenters. The molecule has 1 aromatic carbocycles. The topological polar surface area (TPSA) is 75.9 Å². The molecule has 0 bridgehead atoms. The van der Waals surface area contributed by atoms with Crippen LogP contribution in [0.5, 0.6) is 0 Å². The molecule has 0 spiro atoms. The third-order valence-electron chi connectivity index (χ3n) is 5.54. The van der Waals surface area contributed by atoms with E-state index in [0.717, 1.165) is 42.5 Å². The van der Waals surface area contributed by atoms with Crippen LogP contribution in [0.2, 0.25) is 0 Å². The molecular weight excluding hydrogens is 368 g/mol. The number of amides is 1. The highest BCUT2D eigenvalue weighted by molar-refractivity contribution is 5.90. The molecule has 0 N–H and O–H groups in total. The number of anilines is 2. The predicted molar refractivity (Wildman–Crippen MR) is 109 cm³/mol. The molecule has 2 aliphatic rings.